The molecule has 0 unspecified atom stereocenters. The molecule has 2 rings (SSSR count). The Morgan fingerprint density at radius 3 is 2.71 bits per heavy atom. The minimum absolute atomic E-state index is 0.928. The molecule has 0 saturated carbocycles. The molecule has 2 N–H and O–H groups in total. The summed E-state index contributed by atoms with van der Waals surface area (Å²) in [5.74, 6) is 0.928. The van der Waals surface area contributed by atoms with Gasteiger partial charge in [-0.25, -0.2) is 0 Å². The number of hydrogen-bond donors (Lipinski definition) is 2. The molecular formula is C14H20N2O. The molecule has 3 heteroatoms. The second-order valence-corrected chi connectivity index (χ2v) is 4.45. The molecule has 0 spiro atoms. The van der Waals surface area contributed by atoms with Gasteiger partial charge in [0.25, 0.3) is 0 Å². The van der Waals surface area contributed by atoms with Gasteiger partial charge in [0.05, 0.1) is 7.11 Å². The van der Waals surface area contributed by atoms with Crippen LogP contribution in [0.25, 0.3) is 10.9 Å². The fourth-order valence-electron chi connectivity index (χ4n) is 2.24. The molecular weight excluding hydrogens is 212 g/mol. The molecule has 2 aromatic rings. The van der Waals surface area contributed by atoms with Crippen LogP contribution in [-0.2, 0) is 6.42 Å². The average molecular weight is 232 g/mol. The van der Waals surface area contributed by atoms with Crippen molar-refractivity contribution in [2.24, 2.45) is 0 Å². The number of ether oxygens (including phenoxy) is 1. The van der Waals surface area contributed by atoms with E-state index in [0.29, 0.717) is 0 Å². The zero-order valence-corrected chi connectivity index (χ0v) is 11.0. The van der Waals surface area contributed by atoms with Crippen molar-refractivity contribution in [3.63, 3.8) is 0 Å². The van der Waals surface area contributed by atoms with Crippen molar-refractivity contribution in [1.82, 2.24) is 10.3 Å². The molecule has 0 aliphatic carbocycles. The number of rotatable bonds is 4. The highest BCUT2D eigenvalue weighted by molar-refractivity contribution is 5.88. The van der Waals surface area contributed by atoms with Crippen LogP contribution in [0.1, 0.15) is 16.8 Å². The number of aryl methyl sites for hydroxylation is 2. The molecule has 0 aliphatic rings. The van der Waals surface area contributed by atoms with E-state index in [4.69, 9.17) is 4.74 Å². The first-order valence-corrected chi connectivity index (χ1v) is 5.97. The van der Waals surface area contributed by atoms with Crippen LogP contribution in [0.5, 0.6) is 5.75 Å². The predicted molar refractivity (Wildman–Crippen MR) is 72.0 cm³/mol. The molecule has 0 radical (unpaired) electrons. The van der Waals surface area contributed by atoms with E-state index >= 15 is 0 Å². The van der Waals surface area contributed by atoms with E-state index in [2.05, 4.69) is 36.3 Å². The van der Waals surface area contributed by atoms with Crippen molar-refractivity contribution >= 4 is 10.9 Å². The fraction of sp³-hybridized carbons (Fsp3) is 0.429. The summed E-state index contributed by atoms with van der Waals surface area (Å²) in [6.07, 6.45) is 1.03. The molecule has 1 aromatic heterocycles. The Bertz CT molecular complexity index is 528. The smallest absolute Gasteiger partial charge is 0.119 e. The van der Waals surface area contributed by atoms with Gasteiger partial charge in [-0.05, 0) is 44.2 Å². The maximum Gasteiger partial charge on any atom is 0.119 e. The second kappa shape index (κ2) is 4.80. The Morgan fingerprint density at radius 1 is 1.29 bits per heavy atom. The molecule has 0 saturated heterocycles. The first-order valence-electron chi connectivity index (χ1n) is 5.97. The Kier molecular flexibility index (Phi) is 3.38. The first kappa shape index (κ1) is 12.0. The topological polar surface area (TPSA) is 37.0 Å². The summed E-state index contributed by atoms with van der Waals surface area (Å²) in [5.41, 5.74) is 5.11. The largest absolute Gasteiger partial charge is 0.497 e. The maximum absolute atomic E-state index is 5.32. The average Bonchev–Trinajstić information content (AvgIpc) is 2.65. The number of nitrogens with one attached hydrogen (secondary N) is 2. The highest BCUT2D eigenvalue weighted by Gasteiger charge is 2.10. The van der Waals surface area contributed by atoms with Gasteiger partial charge in [0, 0.05) is 29.6 Å². The van der Waals surface area contributed by atoms with Gasteiger partial charge in [-0.2, -0.15) is 0 Å². The van der Waals surface area contributed by atoms with Crippen molar-refractivity contribution in [3.05, 3.63) is 29.0 Å². The first-order chi connectivity index (χ1) is 8.17. The van der Waals surface area contributed by atoms with Crippen molar-refractivity contribution in [1.29, 1.82) is 0 Å². The van der Waals surface area contributed by atoms with Crippen molar-refractivity contribution in [2.45, 2.75) is 20.3 Å². The van der Waals surface area contributed by atoms with E-state index < -0.39 is 0 Å². The summed E-state index contributed by atoms with van der Waals surface area (Å²) in [4.78, 5) is 3.52. The van der Waals surface area contributed by atoms with E-state index in [1.54, 1.807) is 7.11 Å². The van der Waals surface area contributed by atoms with Gasteiger partial charge in [0.15, 0.2) is 0 Å². The highest BCUT2D eigenvalue weighted by Crippen LogP contribution is 2.29. The Morgan fingerprint density at radius 2 is 2.06 bits per heavy atom. The highest BCUT2D eigenvalue weighted by atomic mass is 16.5. The minimum Gasteiger partial charge on any atom is -0.497 e. The quantitative estimate of drug-likeness (QED) is 0.850. The van der Waals surface area contributed by atoms with Crippen LogP contribution in [0.2, 0.25) is 0 Å². The summed E-state index contributed by atoms with van der Waals surface area (Å²) in [6.45, 7) is 5.27. The van der Waals surface area contributed by atoms with Crippen LogP contribution in [0.4, 0.5) is 0 Å². The molecule has 0 fully saturated rings. The zero-order valence-electron chi connectivity index (χ0n) is 11.0. The number of likely N-dealkylation sites (N-methyl/N-ethyl adjacent to an activating group) is 1. The third-order valence-electron chi connectivity index (χ3n) is 3.30. The molecule has 1 aromatic carbocycles. The van der Waals surface area contributed by atoms with Gasteiger partial charge in [0.1, 0.15) is 5.75 Å². The van der Waals surface area contributed by atoms with Crippen LogP contribution >= 0.6 is 0 Å². The van der Waals surface area contributed by atoms with E-state index in [1.807, 2.05) is 7.05 Å². The summed E-state index contributed by atoms with van der Waals surface area (Å²) < 4.78 is 5.32. The number of H-pyrrole nitrogens is 1. The molecule has 0 atom stereocenters. The maximum atomic E-state index is 5.32. The van der Waals surface area contributed by atoms with E-state index in [-0.39, 0.29) is 0 Å². The zero-order chi connectivity index (χ0) is 12.4. The summed E-state index contributed by atoms with van der Waals surface area (Å²) in [5, 5.41) is 4.45. The molecule has 92 valence electrons. The summed E-state index contributed by atoms with van der Waals surface area (Å²) in [7, 11) is 3.69. The van der Waals surface area contributed by atoms with E-state index in [0.717, 1.165) is 18.7 Å². The van der Waals surface area contributed by atoms with Crippen molar-refractivity contribution < 1.29 is 4.74 Å². The van der Waals surface area contributed by atoms with Gasteiger partial charge in [-0.3, -0.25) is 0 Å². The normalized spacial score (nSPS) is 11.1. The standard InChI is InChI=1S/C14H20N2O/c1-9-7-11(17-4)8-12-10(2)13(5-6-15-3)16-14(9)12/h7-8,15-16H,5-6H2,1-4H3. The van der Waals surface area contributed by atoms with Crippen LogP contribution in [0.15, 0.2) is 12.1 Å². The van der Waals surface area contributed by atoms with Gasteiger partial charge in [-0.1, -0.05) is 0 Å². The van der Waals surface area contributed by atoms with Gasteiger partial charge >= 0.3 is 0 Å². The van der Waals surface area contributed by atoms with Crippen LogP contribution in [0, 0.1) is 13.8 Å². The Hall–Kier alpha value is -1.48. The molecule has 0 bridgehead atoms. The summed E-state index contributed by atoms with van der Waals surface area (Å²) in [6, 6.07) is 4.18. The number of hydrogen-bond acceptors (Lipinski definition) is 2. The lowest BCUT2D eigenvalue weighted by Gasteiger charge is -2.02. The predicted octanol–water partition coefficient (Wildman–Crippen LogP) is 2.56. The lowest BCUT2D eigenvalue weighted by Crippen LogP contribution is -2.10. The number of benzene rings is 1. The molecule has 0 aliphatic heterocycles. The third kappa shape index (κ3) is 2.15. The molecule has 3 nitrogen and oxygen atoms in total. The van der Waals surface area contributed by atoms with Gasteiger partial charge < -0.3 is 15.0 Å². The van der Waals surface area contributed by atoms with Crippen LogP contribution in [0.3, 0.4) is 0 Å². The number of aromatic amines is 1. The molecule has 17 heavy (non-hydrogen) atoms. The Labute approximate surface area is 102 Å². The number of fused-ring (bicyclic) bond motifs is 1. The SMILES string of the molecule is CNCCc1[nH]c2c(C)cc(OC)cc2c1C. The lowest BCUT2D eigenvalue weighted by molar-refractivity contribution is 0.415. The van der Waals surface area contributed by atoms with Crippen molar-refractivity contribution in [2.75, 3.05) is 20.7 Å². The number of methoxy groups -OCH3 is 1. The number of aromatic nitrogens is 1. The Balaban J connectivity index is 2.53. The van der Waals surface area contributed by atoms with E-state index in [9.17, 15) is 0 Å². The van der Waals surface area contributed by atoms with Crippen molar-refractivity contribution in [3.8, 4) is 5.75 Å². The lowest BCUT2D eigenvalue weighted by atomic mass is 10.1. The molecule has 1 heterocycles. The minimum atomic E-state index is 0.928. The van der Waals surface area contributed by atoms with Gasteiger partial charge in [0.2, 0.25) is 0 Å². The molecule has 0 amide bonds. The van der Waals surface area contributed by atoms with E-state index in [1.165, 1.54) is 27.7 Å². The summed E-state index contributed by atoms with van der Waals surface area (Å²) >= 11 is 0. The van der Waals surface area contributed by atoms with Crippen LogP contribution < -0.4 is 10.1 Å². The monoisotopic (exact) mass is 232 g/mol. The fourth-order valence-corrected chi connectivity index (χ4v) is 2.24. The van der Waals surface area contributed by atoms with Crippen LogP contribution in [-0.4, -0.2) is 25.7 Å². The second-order valence-electron chi connectivity index (χ2n) is 4.45. The third-order valence-corrected chi connectivity index (χ3v) is 3.30. The van der Waals surface area contributed by atoms with Gasteiger partial charge in [-0.15, -0.1) is 0 Å².